The second-order valence-corrected chi connectivity index (χ2v) is 8.42. The van der Waals surface area contributed by atoms with Gasteiger partial charge in [-0.1, -0.05) is 29.8 Å². The molecule has 0 bridgehead atoms. The molecule has 0 amide bonds. The molecule has 0 aliphatic heterocycles. The Balaban J connectivity index is 1.97. The van der Waals surface area contributed by atoms with Crippen LogP contribution in [0.2, 0.25) is 5.02 Å². The van der Waals surface area contributed by atoms with Crippen molar-refractivity contribution in [3.8, 4) is 22.6 Å². The van der Waals surface area contributed by atoms with Crippen molar-refractivity contribution >= 4 is 34.0 Å². The van der Waals surface area contributed by atoms with Gasteiger partial charge in [-0.25, -0.2) is 0 Å². The van der Waals surface area contributed by atoms with E-state index >= 15 is 0 Å². The maximum Gasteiger partial charge on any atom is 0.178 e. The van der Waals surface area contributed by atoms with E-state index in [1.165, 1.54) is 14.0 Å². The Bertz CT molecular complexity index is 1140. The molecular formula is C24H26ClN3O3. The average molecular weight is 440 g/mol. The molecule has 2 aromatic carbocycles. The molecule has 7 heteroatoms. The van der Waals surface area contributed by atoms with Crippen LogP contribution in [-0.2, 0) is 0 Å². The van der Waals surface area contributed by atoms with Crippen molar-refractivity contribution in [2.45, 2.75) is 44.7 Å². The summed E-state index contributed by atoms with van der Waals surface area (Å²) in [5.74, 6) is 0.00304. The number of aromatic nitrogens is 1. The Morgan fingerprint density at radius 2 is 1.97 bits per heavy atom. The number of nitrogens with two attached hydrogens (primary N) is 1. The minimum atomic E-state index is -0.134. The summed E-state index contributed by atoms with van der Waals surface area (Å²) in [7, 11) is 1.47. The predicted molar refractivity (Wildman–Crippen MR) is 124 cm³/mol. The Labute approximate surface area is 186 Å². The van der Waals surface area contributed by atoms with Crippen LogP contribution in [0, 0.1) is 0 Å². The maximum atomic E-state index is 12.5. The van der Waals surface area contributed by atoms with E-state index in [9.17, 15) is 9.90 Å². The van der Waals surface area contributed by atoms with E-state index in [0.29, 0.717) is 22.4 Å². The molecular weight excluding hydrogens is 414 g/mol. The van der Waals surface area contributed by atoms with Gasteiger partial charge in [0.1, 0.15) is 5.02 Å². The van der Waals surface area contributed by atoms with Crippen LogP contribution in [0.1, 0.15) is 43.0 Å². The zero-order valence-corrected chi connectivity index (χ0v) is 18.4. The number of Topliss-reactive ketones (excluding diaryl/α,β-unsaturated/α-hetero) is 1. The monoisotopic (exact) mass is 439 g/mol. The molecule has 0 spiro atoms. The fourth-order valence-electron chi connectivity index (χ4n) is 4.28. The molecule has 1 aliphatic carbocycles. The van der Waals surface area contributed by atoms with Gasteiger partial charge in [-0.3, -0.25) is 9.78 Å². The number of carbonyl (C=O) groups excluding carboxylic acids is 1. The third-order valence-corrected chi connectivity index (χ3v) is 6.34. The van der Waals surface area contributed by atoms with Crippen molar-refractivity contribution in [1.29, 1.82) is 0 Å². The van der Waals surface area contributed by atoms with Crippen LogP contribution in [-0.4, -0.2) is 35.1 Å². The largest absolute Gasteiger partial charge is 0.503 e. The fraction of sp³-hybridized carbons (Fsp3) is 0.333. The van der Waals surface area contributed by atoms with Crippen LogP contribution < -0.4 is 15.8 Å². The second-order valence-electron chi connectivity index (χ2n) is 8.04. The first-order valence-corrected chi connectivity index (χ1v) is 10.8. The van der Waals surface area contributed by atoms with Gasteiger partial charge >= 0.3 is 0 Å². The van der Waals surface area contributed by atoms with Crippen LogP contribution in [0.4, 0.5) is 5.69 Å². The number of rotatable bonds is 5. The highest BCUT2D eigenvalue weighted by Crippen LogP contribution is 2.48. The first kappa shape index (κ1) is 21.4. The summed E-state index contributed by atoms with van der Waals surface area (Å²) in [5.41, 5.74) is 9.30. The van der Waals surface area contributed by atoms with Crippen molar-refractivity contribution < 1.29 is 14.6 Å². The lowest BCUT2D eigenvalue weighted by Gasteiger charge is -2.29. The molecule has 0 saturated heterocycles. The minimum absolute atomic E-state index is 0.106. The second kappa shape index (κ2) is 8.73. The number of phenols is 1. The minimum Gasteiger partial charge on any atom is -0.503 e. The summed E-state index contributed by atoms with van der Waals surface area (Å²) >= 11 is 6.65. The summed E-state index contributed by atoms with van der Waals surface area (Å²) < 4.78 is 5.38. The number of halogens is 1. The van der Waals surface area contributed by atoms with E-state index in [0.717, 1.165) is 36.6 Å². The predicted octanol–water partition coefficient (Wildman–Crippen LogP) is 5.15. The highest BCUT2D eigenvalue weighted by Gasteiger charge is 2.26. The van der Waals surface area contributed by atoms with Gasteiger partial charge in [0.15, 0.2) is 17.3 Å². The van der Waals surface area contributed by atoms with Crippen molar-refractivity contribution in [2.75, 3.05) is 12.4 Å². The number of nitrogens with zero attached hydrogens (tertiary/aromatic N) is 1. The molecule has 1 saturated carbocycles. The number of phenolic OH excluding ortho intramolecular Hbond substituents is 1. The molecule has 6 nitrogen and oxygen atoms in total. The number of pyridine rings is 1. The highest BCUT2D eigenvalue weighted by atomic mass is 35.5. The van der Waals surface area contributed by atoms with Crippen molar-refractivity contribution in [1.82, 2.24) is 4.98 Å². The van der Waals surface area contributed by atoms with E-state index in [4.69, 9.17) is 22.1 Å². The molecule has 0 unspecified atom stereocenters. The number of hydrogen-bond donors (Lipinski definition) is 3. The lowest BCUT2D eigenvalue weighted by Crippen LogP contribution is -2.33. The molecule has 31 heavy (non-hydrogen) atoms. The number of hydrogen-bond acceptors (Lipinski definition) is 6. The van der Waals surface area contributed by atoms with Crippen LogP contribution >= 0.6 is 11.6 Å². The quantitative estimate of drug-likeness (QED) is 0.475. The lowest BCUT2D eigenvalue weighted by molar-refractivity contribution is 0.101. The zero-order chi connectivity index (χ0) is 22.1. The summed E-state index contributed by atoms with van der Waals surface area (Å²) in [5, 5.41) is 15.1. The van der Waals surface area contributed by atoms with Crippen LogP contribution in [0.5, 0.6) is 11.5 Å². The van der Waals surface area contributed by atoms with Gasteiger partial charge in [0.25, 0.3) is 0 Å². The van der Waals surface area contributed by atoms with E-state index in [2.05, 4.69) is 10.3 Å². The van der Waals surface area contributed by atoms with E-state index in [1.54, 1.807) is 12.3 Å². The van der Waals surface area contributed by atoms with E-state index in [1.807, 2.05) is 24.3 Å². The normalized spacial score (nSPS) is 18.7. The fourth-order valence-corrected chi connectivity index (χ4v) is 4.53. The van der Waals surface area contributed by atoms with Crippen molar-refractivity contribution in [2.24, 2.45) is 5.73 Å². The van der Waals surface area contributed by atoms with Gasteiger partial charge in [-0.2, -0.15) is 0 Å². The first-order valence-electron chi connectivity index (χ1n) is 10.4. The number of carbonyl (C=O) groups is 1. The van der Waals surface area contributed by atoms with E-state index in [-0.39, 0.29) is 34.4 Å². The molecule has 1 fully saturated rings. The Kier molecular flexibility index (Phi) is 6.03. The van der Waals surface area contributed by atoms with Crippen LogP contribution in [0.15, 0.2) is 36.5 Å². The number of methoxy groups -OCH3 is 1. The number of ketones is 1. The Morgan fingerprint density at radius 3 is 2.65 bits per heavy atom. The summed E-state index contributed by atoms with van der Waals surface area (Å²) in [4.78, 5) is 17.0. The third kappa shape index (κ3) is 4.05. The SMILES string of the molecule is COc1cc(-c2c(C(C)=O)cnc3ccccc23)c(NC2CCC(N)CC2)c(Cl)c1O. The smallest absolute Gasteiger partial charge is 0.178 e. The van der Waals surface area contributed by atoms with Gasteiger partial charge in [0.05, 0.1) is 18.3 Å². The van der Waals surface area contributed by atoms with Gasteiger partial charge in [-0.15, -0.1) is 0 Å². The first-order chi connectivity index (χ1) is 14.9. The molecule has 0 atom stereocenters. The number of anilines is 1. The summed E-state index contributed by atoms with van der Waals surface area (Å²) in [6, 6.07) is 9.75. The molecule has 4 rings (SSSR count). The van der Waals surface area contributed by atoms with Gasteiger partial charge < -0.3 is 20.9 Å². The molecule has 1 aromatic heterocycles. The highest BCUT2D eigenvalue weighted by molar-refractivity contribution is 6.36. The Morgan fingerprint density at radius 1 is 1.26 bits per heavy atom. The van der Waals surface area contributed by atoms with Gasteiger partial charge in [0, 0.05) is 40.4 Å². The summed E-state index contributed by atoms with van der Waals surface area (Å²) in [6.45, 7) is 1.52. The van der Waals surface area contributed by atoms with Crippen molar-refractivity contribution in [3.05, 3.63) is 47.1 Å². The molecule has 3 aromatic rings. The van der Waals surface area contributed by atoms with Crippen LogP contribution in [0.25, 0.3) is 22.0 Å². The number of aromatic hydroxyl groups is 1. The molecule has 162 valence electrons. The number of benzene rings is 2. The van der Waals surface area contributed by atoms with Crippen molar-refractivity contribution in [3.63, 3.8) is 0 Å². The molecule has 4 N–H and O–H groups in total. The zero-order valence-electron chi connectivity index (χ0n) is 17.6. The molecule has 1 aliphatic rings. The number of fused-ring (bicyclic) bond motifs is 1. The summed E-state index contributed by atoms with van der Waals surface area (Å²) in [6.07, 6.45) is 5.24. The number of nitrogens with one attached hydrogen (secondary N) is 1. The lowest BCUT2D eigenvalue weighted by atomic mass is 9.90. The standard InChI is InChI=1S/C24H26ClN3O3/c1-13(29)18-12-27-19-6-4-3-5-16(19)21(18)17-11-20(31-2)24(30)22(25)23(17)28-15-9-7-14(26)8-10-15/h3-6,11-12,14-15,28,30H,7-10,26H2,1-2H3. The maximum absolute atomic E-state index is 12.5. The van der Waals surface area contributed by atoms with Crippen LogP contribution in [0.3, 0.4) is 0 Å². The molecule has 1 heterocycles. The number of para-hydroxylation sites is 1. The number of ether oxygens (including phenoxy) is 1. The average Bonchev–Trinajstić information content (AvgIpc) is 2.78. The molecule has 0 radical (unpaired) electrons. The topological polar surface area (TPSA) is 97.5 Å². The third-order valence-electron chi connectivity index (χ3n) is 5.97. The van der Waals surface area contributed by atoms with E-state index < -0.39 is 0 Å². The van der Waals surface area contributed by atoms with Gasteiger partial charge in [-0.05, 0) is 44.7 Å². The van der Waals surface area contributed by atoms with Gasteiger partial charge in [0.2, 0.25) is 0 Å². The Hall–Kier alpha value is -2.83.